The predicted octanol–water partition coefficient (Wildman–Crippen LogP) is 1.57. The van der Waals surface area contributed by atoms with Gasteiger partial charge in [-0.3, -0.25) is 9.20 Å². The molecule has 0 saturated carbocycles. The topological polar surface area (TPSA) is 86.2 Å². The molecule has 0 bridgehead atoms. The van der Waals surface area contributed by atoms with Crippen LogP contribution in [0.25, 0.3) is 16.9 Å². The van der Waals surface area contributed by atoms with E-state index in [1.807, 2.05) is 19.9 Å². The van der Waals surface area contributed by atoms with Crippen LogP contribution in [0.4, 0.5) is 0 Å². The number of carbonyl (C=O) groups is 1. The molecule has 1 amide bonds. The van der Waals surface area contributed by atoms with Gasteiger partial charge in [0.1, 0.15) is 6.33 Å². The molecule has 3 aromatic heterocycles. The van der Waals surface area contributed by atoms with E-state index in [9.17, 15) is 4.79 Å². The Morgan fingerprint density at radius 1 is 1.42 bits per heavy atom. The number of carbonyl (C=O) groups excluding carboxylic acids is 1. The van der Waals surface area contributed by atoms with Gasteiger partial charge in [0.2, 0.25) is 0 Å². The second-order valence-electron chi connectivity index (χ2n) is 4.23. The van der Waals surface area contributed by atoms with E-state index in [1.165, 1.54) is 11.5 Å². The molecular formula is C12H11N5OS. The first-order chi connectivity index (χ1) is 9.08. The maximum absolute atomic E-state index is 11.3. The van der Waals surface area contributed by atoms with Crippen molar-refractivity contribution < 1.29 is 4.79 Å². The second kappa shape index (κ2) is 4.13. The van der Waals surface area contributed by atoms with Gasteiger partial charge < -0.3 is 5.73 Å². The summed E-state index contributed by atoms with van der Waals surface area (Å²) in [6.45, 7) is 3.92. The van der Waals surface area contributed by atoms with Crippen LogP contribution < -0.4 is 5.73 Å². The van der Waals surface area contributed by atoms with Crippen LogP contribution in [0.1, 0.15) is 21.1 Å². The molecule has 0 unspecified atom stereocenters. The van der Waals surface area contributed by atoms with Crippen molar-refractivity contribution in [3.05, 3.63) is 34.9 Å². The van der Waals surface area contributed by atoms with Crippen molar-refractivity contribution in [2.45, 2.75) is 13.8 Å². The van der Waals surface area contributed by atoms with Crippen molar-refractivity contribution in [2.24, 2.45) is 5.73 Å². The summed E-state index contributed by atoms with van der Waals surface area (Å²) in [5.74, 6) is -0.577. The molecule has 0 fully saturated rings. The number of aryl methyl sites for hydroxylation is 2. The molecular weight excluding hydrogens is 262 g/mol. The first-order valence-electron chi connectivity index (χ1n) is 5.64. The number of nitrogens with zero attached hydrogens (tertiary/aromatic N) is 4. The van der Waals surface area contributed by atoms with Crippen LogP contribution >= 0.6 is 11.5 Å². The Morgan fingerprint density at radius 3 is 2.84 bits per heavy atom. The van der Waals surface area contributed by atoms with Crippen LogP contribution in [0.3, 0.4) is 0 Å². The lowest BCUT2D eigenvalue weighted by Gasteiger charge is -2.04. The Morgan fingerprint density at radius 2 is 2.21 bits per heavy atom. The summed E-state index contributed by atoms with van der Waals surface area (Å²) in [7, 11) is 0. The zero-order valence-electron chi connectivity index (χ0n) is 10.4. The van der Waals surface area contributed by atoms with Crippen LogP contribution in [0.5, 0.6) is 0 Å². The highest BCUT2D eigenvalue weighted by Crippen LogP contribution is 2.25. The van der Waals surface area contributed by atoms with Gasteiger partial charge >= 0.3 is 0 Å². The number of aromatic nitrogens is 4. The summed E-state index contributed by atoms with van der Waals surface area (Å²) in [6.07, 6.45) is 3.33. The van der Waals surface area contributed by atoms with E-state index in [2.05, 4.69) is 14.3 Å². The fourth-order valence-electron chi connectivity index (χ4n) is 1.98. The number of hydrogen-bond acceptors (Lipinski definition) is 5. The highest BCUT2D eigenvalue weighted by atomic mass is 32.1. The smallest absolute Gasteiger partial charge is 0.271 e. The zero-order valence-corrected chi connectivity index (χ0v) is 11.2. The maximum atomic E-state index is 11.3. The van der Waals surface area contributed by atoms with E-state index in [0.717, 1.165) is 21.8 Å². The van der Waals surface area contributed by atoms with Crippen molar-refractivity contribution in [1.82, 2.24) is 18.7 Å². The molecule has 6 nitrogen and oxygen atoms in total. The molecule has 0 aliphatic carbocycles. The molecule has 19 heavy (non-hydrogen) atoms. The number of rotatable bonds is 2. The van der Waals surface area contributed by atoms with Crippen molar-refractivity contribution >= 4 is 23.1 Å². The number of primary amides is 1. The normalized spacial score (nSPS) is 11.1. The van der Waals surface area contributed by atoms with Gasteiger partial charge in [0.25, 0.3) is 5.91 Å². The lowest BCUT2D eigenvalue weighted by Crippen LogP contribution is -2.12. The van der Waals surface area contributed by atoms with Gasteiger partial charge in [0.15, 0.2) is 11.3 Å². The summed E-state index contributed by atoms with van der Waals surface area (Å²) >= 11 is 1.42. The van der Waals surface area contributed by atoms with E-state index in [1.54, 1.807) is 16.9 Å². The van der Waals surface area contributed by atoms with Crippen molar-refractivity contribution in [3.8, 4) is 11.3 Å². The quantitative estimate of drug-likeness (QED) is 0.767. The highest BCUT2D eigenvalue weighted by Gasteiger charge is 2.15. The first kappa shape index (κ1) is 11.8. The molecule has 0 aromatic carbocycles. The van der Waals surface area contributed by atoms with E-state index < -0.39 is 5.91 Å². The van der Waals surface area contributed by atoms with Gasteiger partial charge in [-0.2, -0.15) is 0 Å². The Kier molecular flexibility index (Phi) is 2.56. The molecule has 3 aromatic rings. The van der Waals surface area contributed by atoms with Crippen molar-refractivity contribution in [2.75, 3.05) is 0 Å². The molecule has 3 heterocycles. The van der Waals surface area contributed by atoms with Crippen LogP contribution in [0.2, 0.25) is 0 Å². The fourth-order valence-corrected chi connectivity index (χ4v) is 2.55. The van der Waals surface area contributed by atoms with Crippen LogP contribution in [-0.4, -0.2) is 24.6 Å². The molecule has 0 aliphatic rings. The largest absolute Gasteiger partial charge is 0.364 e. The third-order valence-electron chi connectivity index (χ3n) is 2.95. The Balaban J connectivity index is 2.31. The molecule has 96 valence electrons. The summed E-state index contributed by atoms with van der Waals surface area (Å²) in [6, 6.07) is 1.94. The van der Waals surface area contributed by atoms with Gasteiger partial charge in [0.05, 0.1) is 11.9 Å². The predicted molar refractivity (Wildman–Crippen MR) is 72.1 cm³/mol. The van der Waals surface area contributed by atoms with E-state index in [0.29, 0.717) is 5.65 Å². The van der Waals surface area contributed by atoms with Gasteiger partial charge in [-0.1, -0.05) is 0 Å². The molecule has 0 atom stereocenters. The van der Waals surface area contributed by atoms with Gasteiger partial charge in [-0.05, 0) is 31.4 Å². The zero-order chi connectivity index (χ0) is 13.6. The van der Waals surface area contributed by atoms with Gasteiger partial charge in [-0.25, -0.2) is 14.3 Å². The number of hydrogen-bond donors (Lipinski definition) is 1. The van der Waals surface area contributed by atoms with Gasteiger partial charge in [0, 0.05) is 16.1 Å². The maximum Gasteiger partial charge on any atom is 0.271 e. The molecule has 0 radical (unpaired) electrons. The molecule has 3 rings (SSSR count). The average molecular weight is 273 g/mol. The lowest BCUT2D eigenvalue weighted by atomic mass is 10.2. The Bertz CT molecular complexity index is 789. The molecule has 0 spiro atoms. The third kappa shape index (κ3) is 1.78. The summed E-state index contributed by atoms with van der Waals surface area (Å²) in [5, 5.41) is 0. The van der Waals surface area contributed by atoms with Crippen LogP contribution in [0.15, 0.2) is 18.6 Å². The minimum Gasteiger partial charge on any atom is -0.364 e. The monoisotopic (exact) mass is 273 g/mol. The van der Waals surface area contributed by atoms with Crippen molar-refractivity contribution in [1.29, 1.82) is 0 Å². The fraction of sp³-hybridized carbons (Fsp3) is 0.167. The van der Waals surface area contributed by atoms with E-state index in [4.69, 9.17) is 5.73 Å². The summed E-state index contributed by atoms with van der Waals surface area (Å²) in [4.78, 5) is 20.9. The average Bonchev–Trinajstić information content (AvgIpc) is 2.94. The minimum atomic E-state index is -0.577. The highest BCUT2D eigenvalue weighted by molar-refractivity contribution is 7.06. The summed E-state index contributed by atoms with van der Waals surface area (Å²) < 4.78 is 5.89. The van der Waals surface area contributed by atoms with Gasteiger partial charge in [-0.15, -0.1) is 0 Å². The Labute approximate surface area is 113 Å². The standard InChI is InChI=1S/C12H11N5OS/c1-6-3-9(8-4-15-19-7(8)2)16-12-10(11(13)18)14-5-17(6)12/h3-5H,1-2H3,(H2,13,18). The third-order valence-corrected chi connectivity index (χ3v) is 3.66. The second-order valence-corrected chi connectivity index (χ2v) is 5.24. The lowest BCUT2D eigenvalue weighted by molar-refractivity contribution is 0.0997. The Hall–Kier alpha value is -2.28. The van der Waals surface area contributed by atoms with Crippen LogP contribution in [-0.2, 0) is 0 Å². The van der Waals surface area contributed by atoms with Crippen LogP contribution in [0, 0.1) is 13.8 Å². The molecule has 0 saturated heterocycles. The number of nitrogens with two attached hydrogens (primary N) is 1. The molecule has 2 N–H and O–H groups in total. The van der Waals surface area contributed by atoms with Crippen molar-refractivity contribution in [3.63, 3.8) is 0 Å². The molecule has 0 aliphatic heterocycles. The number of fused-ring (bicyclic) bond motifs is 1. The summed E-state index contributed by atoms with van der Waals surface area (Å²) in [5.41, 5.74) is 8.65. The minimum absolute atomic E-state index is 0.186. The van der Waals surface area contributed by atoms with E-state index in [-0.39, 0.29) is 5.69 Å². The number of amides is 1. The number of imidazole rings is 1. The molecule has 7 heteroatoms. The first-order valence-corrected chi connectivity index (χ1v) is 6.41. The SMILES string of the molecule is Cc1sncc1-c1cc(C)n2cnc(C(N)=O)c2n1. The van der Waals surface area contributed by atoms with E-state index >= 15 is 0 Å².